The smallest absolute Gasteiger partial charge is 0.241 e. The van der Waals surface area contributed by atoms with Crippen molar-refractivity contribution in [1.82, 2.24) is 15.1 Å². The van der Waals surface area contributed by atoms with Crippen LogP contribution in [0.1, 0.15) is 12.8 Å². The van der Waals surface area contributed by atoms with Gasteiger partial charge >= 0.3 is 0 Å². The van der Waals surface area contributed by atoms with Crippen molar-refractivity contribution in [2.45, 2.75) is 25.4 Å². The molecule has 1 aromatic heterocycles. The highest BCUT2D eigenvalue weighted by molar-refractivity contribution is 5.76. The van der Waals surface area contributed by atoms with Crippen molar-refractivity contribution in [2.75, 3.05) is 5.73 Å². The summed E-state index contributed by atoms with van der Waals surface area (Å²) < 4.78 is 1.53. The number of nitrogens with zero attached hydrogens (tertiary/aromatic N) is 2. The Morgan fingerprint density at radius 3 is 2.93 bits per heavy atom. The molecule has 1 aliphatic rings. The maximum absolute atomic E-state index is 11.5. The first-order valence-electron chi connectivity index (χ1n) is 4.96. The van der Waals surface area contributed by atoms with E-state index >= 15 is 0 Å². The van der Waals surface area contributed by atoms with Crippen LogP contribution < -0.4 is 11.1 Å². The van der Waals surface area contributed by atoms with E-state index in [0.717, 1.165) is 12.8 Å². The van der Waals surface area contributed by atoms with Gasteiger partial charge in [0.05, 0.1) is 11.9 Å². The normalized spacial score (nSPS) is 15.7. The van der Waals surface area contributed by atoms with Crippen LogP contribution in [-0.2, 0) is 11.3 Å². The highest BCUT2D eigenvalue weighted by Gasteiger charge is 2.13. The summed E-state index contributed by atoms with van der Waals surface area (Å²) in [5.41, 5.74) is 6.07. The van der Waals surface area contributed by atoms with Crippen molar-refractivity contribution in [3.8, 4) is 0 Å². The largest absolute Gasteiger partial charge is 0.396 e. The average molecular weight is 206 g/mol. The third-order valence-electron chi connectivity index (χ3n) is 2.33. The average Bonchev–Trinajstić information content (AvgIpc) is 2.77. The number of carbonyl (C=O) groups excluding carboxylic acids is 1. The van der Waals surface area contributed by atoms with Crippen LogP contribution in [-0.4, -0.2) is 21.7 Å². The number of rotatable bonds is 3. The zero-order chi connectivity index (χ0) is 10.7. The number of hydrogen-bond acceptors (Lipinski definition) is 3. The molecule has 1 aliphatic carbocycles. The minimum absolute atomic E-state index is 0.0215. The summed E-state index contributed by atoms with van der Waals surface area (Å²) in [6, 6.07) is 0.255. The van der Waals surface area contributed by atoms with Gasteiger partial charge in [0.25, 0.3) is 0 Å². The predicted molar refractivity (Wildman–Crippen MR) is 56.9 cm³/mol. The molecule has 5 nitrogen and oxygen atoms in total. The summed E-state index contributed by atoms with van der Waals surface area (Å²) in [5, 5.41) is 6.88. The molecule has 3 N–H and O–H groups in total. The van der Waals surface area contributed by atoms with Gasteiger partial charge in [-0.25, -0.2) is 0 Å². The molecule has 1 amide bonds. The number of nitrogens with one attached hydrogen (secondary N) is 1. The topological polar surface area (TPSA) is 72.9 Å². The zero-order valence-electron chi connectivity index (χ0n) is 8.39. The molecule has 1 aromatic rings. The molecule has 0 saturated carbocycles. The van der Waals surface area contributed by atoms with Crippen LogP contribution >= 0.6 is 0 Å². The lowest BCUT2D eigenvalue weighted by atomic mass is 10.2. The molecule has 0 atom stereocenters. The van der Waals surface area contributed by atoms with Crippen molar-refractivity contribution < 1.29 is 4.79 Å². The summed E-state index contributed by atoms with van der Waals surface area (Å²) in [7, 11) is 0. The van der Waals surface area contributed by atoms with Crippen molar-refractivity contribution in [2.24, 2.45) is 0 Å². The van der Waals surface area contributed by atoms with Gasteiger partial charge in [-0.1, -0.05) is 12.2 Å². The van der Waals surface area contributed by atoms with E-state index < -0.39 is 0 Å². The molecular weight excluding hydrogens is 192 g/mol. The van der Waals surface area contributed by atoms with E-state index in [4.69, 9.17) is 5.73 Å². The fourth-order valence-electron chi connectivity index (χ4n) is 1.62. The fraction of sp³-hybridized carbons (Fsp3) is 0.400. The second kappa shape index (κ2) is 4.16. The number of hydrogen-bond donors (Lipinski definition) is 2. The monoisotopic (exact) mass is 206 g/mol. The molecule has 0 radical (unpaired) electrons. The Morgan fingerprint density at radius 2 is 2.33 bits per heavy atom. The Labute approximate surface area is 87.9 Å². The molecule has 2 rings (SSSR count). The summed E-state index contributed by atoms with van der Waals surface area (Å²) in [4.78, 5) is 11.5. The quantitative estimate of drug-likeness (QED) is 0.698. The van der Waals surface area contributed by atoms with E-state index in [-0.39, 0.29) is 18.5 Å². The standard InChI is InChI=1S/C10H14N4O/c11-8-5-12-14(6-8)7-10(15)13-9-3-1-2-4-9/h1-2,5-6,9H,3-4,7,11H2,(H,13,15). The second-order valence-electron chi connectivity index (χ2n) is 3.68. The zero-order valence-corrected chi connectivity index (χ0v) is 8.39. The van der Waals surface area contributed by atoms with Crippen LogP contribution in [0.15, 0.2) is 24.5 Å². The van der Waals surface area contributed by atoms with Crippen molar-refractivity contribution in [3.05, 3.63) is 24.5 Å². The minimum Gasteiger partial charge on any atom is -0.396 e. The predicted octanol–water partition coefficient (Wildman–Crippen LogP) is 0.300. The number of amides is 1. The SMILES string of the molecule is Nc1cnn(CC(=O)NC2CC=CC2)c1. The molecule has 0 aliphatic heterocycles. The van der Waals surface area contributed by atoms with Gasteiger partial charge in [0.1, 0.15) is 6.54 Å². The van der Waals surface area contributed by atoms with Crippen LogP contribution in [0.25, 0.3) is 0 Å². The Balaban J connectivity index is 1.82. The Hall–Kier alpha value is -1.78. The second-order valence-corrected chi connectivity index (χ2v) is 3.68. The van der Waals surface area contributed by atoms with E-state index in [2.05, 4.69) is 22.6 Å². The summed E-state index contributed by atoms with van der Waals surface area (Å²) in [5.74, 6) is -0.0215. The molecule has 0 saturated heterocycles. The van der Waals surface area contributed by atoms with Gasteiger partial charge in [0, 0.05) is 12.2 Å². The van der Waals surface area contributed by atoms with Crippen LogP contribution in [0.2, 0.25) is 0 Å². The number of nitrogens with two attached hydrogens (primary N) is 1. The van der Waals surface area contributed by atoms with E-state index in [1.807, 2.05) is 0 Å². The molecule has 0 bridgehead atoms. The van der Waals surface area contributed by atoms with Crippen molar-refractivity contribution >= 4 is 11.6 Å². The molecule has 5 heteroatoms. The number of aromatic nitrogens is 2. The highest BCUT2D eigenvalue weighted by atomic mass is 16.2. The first kappa shape index (κ1) is 9.76. The van der Waals surface area contributed by atoms with Crippen molar-refractivity contribution in [1.29, 1.82) is 0 Å². The van der Waals surface area contributed by atoms with Gasteiger partial charge in [-0.3, -0.25) is 9.48 Å². The Bertz CT molecular complexity index is 375. The summed E-state index contributed by atoms with van der Waals surface area (Å²) in [6.07, 6.45) is 9.19. The first-order chi connectivity index (χ1) is 7.24. The molecule has 1 heterocycles. The Kier molecular flexibility index (Phi) is 2.71. The molecule has 0 unspecified atom stereocenters. The van der Waals surface area contributed by atoms with E-state index in [9.17, 15) is 4.79 Å². The van der Waals surface area contributed by atoms with Crippen LogP contribution in [0.3, 0.4) is 0 Å². The van der Waals surface area contributed by atoms with Gasteiger partial charge < -0.3 is 11.1 Å². The van der Waals surface area contributed by atoms with Crippen LogP contribution in [0, 0.1) is 0 Å². The van der Waals surface area contributed by atoms with E-state index in [0.29, 0.717) is 5.69 Å². The molecule has 15 heavy (non-hydrogen) atoms. The van der Waals surface area contributed by atoms with Gasteiger partial charge in [-0.2, -0.15) is 5.10 Å². The molecule has 0 spiro atoms. The highest BCUT2D eigenvalue weighted by Crippen LogP contribution is 2.08. The Morgan fingerprint density at radius 1 is 1.60 bits per heavy atom. The van der Waals surface area contributed by atoms with Gasteiger partial charge in [0.2, 0.25) is 5.91 Å². The van der Waals surface area contributed by atoms with E-state index in [1.54, 1.807) is 6.20 Å². The minimum atomic E-state index is -0.0215. The number of anilines is 1. The molecule has 80 valence electrons. The lowest BCUT2D eigenvalue weighted by molar-refractivity contribution is -0.122. The third-order valence-corrected chi connectivity index (χ3v) is 2.33. The lowest BCUT2D eigenvalue weighted by Crippen LogP contribution is -2.35. The molecule has 0 aromatic carbocycles. The lowest BCUT2D eigenvalue weighted by Gasteiger charge is -2.11. The maximum Gasteiger partial charge on any atom is 0.241 e. The van der Waals surface area contributed by atoms with Crippen LogP contribution in [0.4, 0.5) is 5.69 Å². The third kappa shape index (κ3) is 2.59. The van der Waals surface area contributed by atoms with Crippen LogP contribution in [0.5, 0.6) is 0 Å². The van der Waals surface area contributed by atoms with Gasteiger partial charge in [0.15, 0.2) is 0 Å². The summed E-state index contributed by atoms with van der Waals surface area (Å²) >= 11 is 0. The van der Waals surface area contributed by atoms with Gasteiger partial charge in [-0.15, -0.1) is 0 Å². The maximum atomic E-state index is 11.5. The number of nitrogen functional groups attached to an aromatic ring is 1. The first-order valence-corrected chi connectivity index (χ1v) is 4.96. The summed E-state index contributed by atoms with van der Waals surface area (Å²) in [6.45, 7) is 0.230. The molecular formula is C10H14N4O. The number of carbonyl (C=O) groups is 1. The molecule has 0 fully saturated rings. The van der Waals surface area contributed by atoms with Gasteiger partial charge in [-0.05, 0) is 12.8 Å². The van der Waals surface area contributed by atoms with E-state index in [1.165, 1.54) is 10.9 Å². The fourth-order valence-corrected chi connectivity index (χ4v) is 1.62. The van der Waals surface area contributed by atoms with Crippen molar-refractivity contribution in [3.63, 3.8) is 0 Å².